The highest BCUT2D eigenvalue weighted by atomic mass is 16.5. The summed E-state index contributed by atoms with van der Waals surface area (Å²) in [7, 11) is 1.37. The van der Waals surface area contributed by atoms with Gasteiger partial charge in [0.25, 0.3) is 0 Å². The van der Waals surface area contributed by atoms with Crippen molar-refractivity contribution in [3.05, 3.63) is 89.6 Å². The smallest absolute Gasteiger partial charge is 0.330 e. The monoisotopic (exact) mass is 348 g/mol. The second-order valence-corrected chi connectivity index (χ2v) is 6.06. The molecule has 0 radical (unpaired) electrons. The van der Waals surface area contributed by atoms with Crippen molar-refractivity contribution >= 4 is 12.0 Å². The van der Waals surface area contributed by atoms with Crippen LogP contribution in [0, 0.1) is 6.92 Å². The van der Waals surface area contributed by atoms with Crippen LogP contribution >= 0.6 is 0 Å². The van der Waals surface area contributed by atoms with Gasteiger partial charge in [-0.05, 0) is 44.6 Å². The Balaban J connectivity index is 1.99. The van der Waals surface area contributed by atoms with Gasteiger partial charge in [-0.15, -0.1) is 0 Å². The van der Waals surface area contributed by atoms with Gasteiger partial charge in [0.1, 0.15) is 0 Å². The number of rotatable bonds is 6. The lowest BCUT2D eigenvalue weighted by atomic mass is 10.2. The number of aromatic nitrogens is 2. The summed E-state index contributed by atoms with van der Waals surface area (Å²) in [5.41, 5.74) is 5.13. The molecule has 134 valence electrons. The maximum absolute atomic E-state index is 11.1. The topological polar surface area (TPSA) is 44.1 Å². The first-order valence-corrected chi connectivity index (χ1v) is 8.38. The fourth-order valence-corrected chi connectivity index (χ4v) is 2.20. The fraction of sp³-hybridized carbons (Fsp3) is 0.182. The lowest BCUT2D eigenvalue weighted by Gasteiger charge is -2.01. The molecule has 26 heavy (non-hydrogen) atoms. The highest BCUT2D eigenvalue weighted by Gasteiger charge is 1.98. The lowest BCUT2D eigenvalue weighted by Crippen LogP contribution is -1.94. The van der Waals surface area contributed by atoms with Crippen LogP contribution < -0.4 is 0 Å². The van der Waals surface area contributed by atoms with E-state index in [0.717, 1.165) is 22.5 Å². The summed E-state index contributed by atoms with van der Waals surface area (Å²) in [5, 5.41) is 0. The number of benzene rings is 1. The fourth-order valence-electron chi connectivity index (χ4n) is 2.20. The maximum Gasteiger partial charge on any atom is 0.330 e. The Bertz CT molecular complexity index is 866. The summed E-state index contributed by atoms with van der Waals surface area (Å²) < 4.78 is 6.59. The van der Waals surface area contributed by atoms with E-state index in [0.29, 0.717) is 0 Å². The van der Waals surface area contributed by atoms with Gasteiger partial charge in [-0.1, -0.05) is 47.6 Å². The number of allylic oxidation sites excluding steroid dienone is 6. The SMILES string of the molecule is COC(=O)/C=C(C)/C=C/C=C(C)/C=C/c1cn(-c2ccc(C)cc2)cn1. The molecule has 0 saturated heterocycles. The van der Waals surface area contributed by atoms with Crippen LogP contribution in [0.2, 0.25) is 0 Å². The Morgan fingerprint density at radius 2 is 1.85 bits per heavy atom. The normalized spacial score (nSPS) is 12.9. The standard InChI is InChI=1S/C22H24N2O2/c1-17(6-5-7-19(3)14-22(25)26-4)8-11-20-15-24(16-23-20)21-12-9-18(2)10-13-21/h5-16H,1-4H3/b7-5+,11-8+,17-6+,19-14+. The summed E-state index contributed by atoms with van der Waals surface area (Å²) in [5.74, 6) is -0.350. The predicted octanol–water partition coefficient (Wildman–Crippen LogP) is 4.82. The van der Waals surface area contributed by atoms with Gasteiger partial charge in [0.05, 0.1) is 19.1 Å². The predicted molar refractivity (Wildman–Crippen MR) is 106 cm³/mol. The summed E-state index contributed by atoms with van der Waals surface area (Å²) in [4.78, 5) is 15.5. The molecule has 0 aliphatic heterocycles. The summed E-state index contributed by atoms with van der Waals surface area (Å²) in [6, 6.07) is 8.32. The molecule has 0 aliphatic rings. The summed E-state index contributed by atoms with van der Waals surface area (Å²) in [6.45, 7) is 5.93. The van der Waals surface area contributed by atoms with E-state index in [2.05, 4.69) is 40.9 Å². The van der Waals surface area contributed by atoms with Crippen molar-refractivity contribution in [1.29, 1.82) is 0 Å². The van der Waals surface area contributed by atoms with Crippen LogP contribution in [-0.2, 0) is 9.53 Å². The molecule has 0 amide bonds. The number of esters is 1. The van der Waals surface area contributed by atoms with Gasteiger partial charge in [-0.25, -0.2) is 9.78 Å². The Morgan fingerprint density at radius 1 is 1.12 bits per heavy atom. The van der Waals surface area contributed by atoms with Gasteiger partial charge in [-0.2, -0.15) is 0 Å². The minimum absolute atomic E-state index is 0.350. The van der Waals surface area contributed by atoms with Gasteiger partial charge in [-0.3, -0.25) is 0 Å². The molecule has 2 rings (SSSR count). The first-order valence-electron chi connectivity index (χ1n) is 8.38. The molecule has 0 aliphatic carbocycles. The van der Waals surface area contributed by atoms with Crippen molar-refractivity contribution in [3.63, 3.8) is 0 Å². The molecule has 0 fully saturated rings. The van der Waals surface area contributed by atoms with Crippen LogP contribution in [0.15, 0.2) is 78.3 Å². The maximum atomic E-state index is 11.1. The third-order valence-corrected chi connectivity index (χ3v) is 3.72. The molecule has 1 heterocycles. The minimum Gasteiger partial charge on any atom is -0.466 e. The molecule has 4 nitrogen and oxygen atoms in total. The number of hydrogen-bond acceptors (Lipinski definition) is 3. The van der Waals surface area contributed by atoms with Crippen molar-refractivity contribution in [1.82, 2.24) is 9.55 Å². The number of methoxy groups -OCH3 is 1. The second-order valence-electron chi connectivity index (χ2n) is 6.06. The van der Waals surface area contributed by atoms with Crippen molar-refractivity contribution in [3.8, 4) is 5.69 Å². The third kappa shape index (κ3) is 6.06. The zero-order chi connectivity index (χ0) is 18.9. The van der Waals surface area contributed by atoms with Crippen LogP contribution in [0.5, 0.6) is 0 Å². The van der Waals surface area contributed by atoms with Crippen LogP contribution in [0.1, 0.15) is 25.1 Å². The largest absolute Gasteiger partial charge is 0.466 e. The van der Waals surface area contributed by atoms with E-state index in [1.165, 1.54) is 18.7 Å². The number of carbonyl (C=O) groups is 1. The van der Waals surface area contributed by atoms with Gasteiger partial charge < -0.3 is 9.30 Å². The first kappa shape index (κ1) is 19.2. The molecular formula is C22H24N2O2. The molecule has 2 aromatic rings. The van der Waals surface area contributed by atoms with Crippen molar-refractivity contribution in [2.24, 2.45) is 0 Å². The molecule has 1 aromatic heterocycles. The van der Waals surface area contributed by atoms with E-state index < -0.39 is 0 Å². The molecule has 0 saturated carbocycles. The van der Waals surface area contributed by atoms with Crippen molar-refractivity contribution in [2.45, 2.75) is 20.8 Å². The molecule has 1 aromatic carbocycles. The van der Waals surface area contributed by atoms with E-state index in [9.17, 15) is 4.79 Å². The van der Waals surface area contributed by atoms with E-state index in [1.54, 1.807) is 0 Å². The van der Waals surface area contributed by atoms with E-state index in [4.69, 9.17) is 0 Å². The molecular weight excluding hydrogens is 324 g/mol. The third-order valence-electron chi connectivity index (χ3n) is 3.72. The highest BCUT2D eigenvalue weighted by molar-refractivity contribution is 5.83. The molecule has 0 bridgehead atoms. The lowest BCUT2D eigenvalue weighted by molar-refractivity contribution is -0.134. The number of nitrogens with zero attached hydrogens (tertiary/aromatic N) is 2. The van der Waals surface area contributed by atoms with Gasteiger partial charge in [0.2, 0.25) is 0 Å². The van der Waals surface area contributed by atoms with Crippen LogP contribution in [-0.4, -0.2) is 22.6 Å². The van der Waals surface area contributed by atoms with Crippen molar-refractivity contribution in [2.75, 3.05) is 7.11 Å². The average molecular weight is 348 g/mol. The molecule has 0 unspecified atom stereocenters. The van der Waals surface area contributed by atoms with Crippen LogP contribution in [0.4, 0.5) is 0 Å². The molecule has 4 heteroatoms. The van der Waals surface area contributed by atoms with Crippen molar-refractivity contribution < 1.29 is 9.53 Å². The van der Waals surface area contributed by atoms with E-state index in [-0.39, 0.29) is 5.97 Å². The number of ether oxygens (including phenoxy) is 1. The van der Waals surface area contributed by atoms with Gasteiger partial charge >= 0.3 is 5.97 Å². The number of carbonyl (C=O) groups excluding carboxylic acids is 1. The van der Waals surface area contributed by atoms with Gasteiger partial charge in [0.15, 0.2) is 0 Å². The number of hydrogen-bond donors (Lipinski definition) is 0. The zero-order valence-corrected chi connectivity index (χ0v) is 15.6. The zero-order valence-electron chi connectivity index (χ0n) is 15.6. The summed E-state index contributed by atoms with van der Waals surface area (Å²) in [6.07, 6.45) is 15.0. The summed E-state index contributed by atoms with van der Waals surface area (Å²) >= 11 is 0. The Kier molecular flexibility index (Phi) is 6.92. The van der Waals surface area contributed by atoms with Gasteiger partial charge in [0, 0.05) is 18.0 Å². The quantitative estimate of drug-likeness (QED) is 0.427. The number of aryl methyl sites for hydroxylation is 1. The Hall–Kier alpha value is -3.14. The molecule has 0 spiro atoms. The Labute approximate surface area is 154 Å². The average Bonchev–Trinajstić information content (AvgIpc) is 3.09. The Morgan fingerprint density at radius 3 is 2.54 bits per heavy atom. The minimum atomic E-state index is -0.350. The van der Waals surface area contributed by atoms with Crippen LogP contribution in [0.3, 0.4) is 0 Å². The first-order chi connectivity index (χ1) is 12.5. The molecule has 0 N–H and O–H groups in total. The number of imidazole rings is 1. The van der Waals surface area contributed by atoms with Crippen LogP contribution in [0.25, 0.3) is 11.8 Å². The molecule has 0 atom stereocenters. The second kappa shape index (κ2) is 9.37. The van der Waals surface area contributed by atoms with E-state index in [1.807, 2.05) is 61.3 Å². The highest BCUT2D eigenvalue weighted by Crippen LogP contribution is 2.11. The van der Waals surface area contributed by atoms with E-state index >= 15 is 0 Å².